The van der Waals surface area contributed by atoms with Crippen molar-refractivity contribution in [1.29, 1.82) is 0 Å². The van der Waals surface area contributed by atoms with E-state index in [4.69, 9.17) is 0 Å². The second-order valence-corrected chi connectivity index (χ2v) is 10.0. The minimum Gasteiger partial charge on any atom is -0.481 e. The Labute approximate surface area is 219 Å². The van der Waals surface area contributed by atoms with Crippen LogP contribution in [0, 0.1) is 5.92 Å². The van der Waals surface area contributed by atoms with Crippen molar-refractivity contribution >= 4 is 30.0 Å². The highest BCUT2D eigenvalue weighted by Gasteiger charge is 2.28. The molecule has 8 nitrogen and oxygen atoms in total. The number of rotatable bonds is 11. The normalized spacial score (nSPS) is 22.1. The van der Waals surface area contributed by atoms with Crippen LogP contribution < -0.4 is 10.6 Å². The Hall–Kier alpha value is -3.39. The number of anilines is 1. The van der Waals surface area contributed by atoms with Crippen LogP contribution in [0.25, 0.3) is 12.2 Å². The van der Waals surface area contributed by atoms with Crippen LogP contribution in [-0.2, 0) is 9.59 Å². The number of hydrogen-bond donors (Lipinski definition) is 4. The summed E-state index contributed by atoms with van der Waals surface area (Å²) < 4.78 is 0. The van der Waals surface area contributed by atoms with Gasteiger partial charge in [0.1, 0.15) is 0 Å². The Bertz CT molecular complexity index is 1120. The van der Waals surface area contributed by atoms with Gasteiger partial charge in [0.15, 0.2) is 0 Å². The Morgan fingerprint density at radius 3 is 2.84 bits per heavy atom. The quantitative estimate of drug-likeness (QED) is 0.319. The fraction of sp³-hybridized carbons (Fsp3) is 0.483. The fourth-order valence-electron chi connectivity index (χ4n) is 5.54. The summed E-state index contributed by atoms with van der Waals surface area (Å²) in [5.41, 5.74) is 4.61. The van der Waals surface area contributed by atoms with Gasteiger partial charge in [-0.3, -0.25) is 9.59 Å². The maximum Gasteiger partial charge on any atom is 0.307 e. The summed E-state index contributed by atoms with van der Waals surface area (Å²) in [7, 11) is 0. The van der Waals surface area contributed by atoms with Gasteiger partial charge in [0.25, 0.3) is 0 Å². The molecule has 3 aliphatic rings. The van der Waals surface area contributed by atoms with Crippen molar-refractivity contribution in [3.63, 3.8) is 0 Å². The zero-order valence-corrected chi connectivity index (χ0v) is 21.8. The maximum atomic E-state index is 12.9. The molecular formula is C29H39N5O3. The number of H-pyrrole nitrogens is 1. The number of amides is 1. The molecule has 0 unspecified atom stereocenters. The molecular weight excluding hydrogens is 466 g/mol. The summed E-state index contributed by atoms with van der Waals surface area (Å²) in [4.78, 5) is 34.0. The van der Waals surface area contributed by atoms with Gasteiger partial charge in [0, 0.05) is 31.2 Å². The van der Waals surface area contributed by atoms with Gasteiger partial charge in [-0.05, 0) is 81.7 Å². The first-order valence-electron chi connectivity index (χ1n) is 13.4. The number of aromatic nitrogens is 2. The Balaban J connectivity index is 1.23. The number of aliphatic carboxylic acids is 1. The number of allylic oxidation sites excluding steroid dienone is 5. The molecule has 0 saturated heterocycles. The van der Waals surface area contributed by atoms with Crippen LogP contribution in [0.1, 0.15) is 69.7 Å². The van der Waals surface area contributed by atoms with Crippen LogP contribution in [0.3, 0.4) is 0 Å². The number of aromatic amines is 1. The van der Waals surface area contributed by atoms with Crippen molar-refractivity contribution in [1.82, 2.24) is 20.2 Å². The standard InChI is InChI=1S/C29H39N5O3/c1-3-7-25-24(4-2)32-29(33-25)31-22-13-10-20(11-14-22)19-30-16-17-34-26-9-6-5-8-23(26)21(18-28(36)37)12-15-27(34)35/h3-7,9,20,22,30H,2,8,10-19H2,1H3,(H,36,37)(H2,31,32,33). The average Bonchev–Trinajstić information content (AvgIpc) is 3.22. The predicted octanol–water partition coefficient (Wildman–Crippen LogP) is 4.88. The van der Waals surface area contributed by atoms with Gasteiger partial charge in [0.05, 0.1) is 17.8 Å². The molecule has 8 heteroatoms. The van der Waals surface area contributed by atoms with Crippen LogP contribution in [0.4, 0.5) is 5.95 Å². The maximum absolute atomic E-state index is 12.9. The highest BCUT2D eigenvalue weighted by atomic mass is 16.4. The monoisotopic (exact) mass is 505 g/mol. The molecule has 1 aromatic heterocycles. The number of nitrogens with zero attached hydrogens (tertiary/aromatic N) is 2. The number of imidazole rings is 1. The van der Waals surface area contributed by atoms with Crippen molar-refractivity contribution in [2.75, 3.05) is 25.0 Å². The molecule has 37 heavy (non-hydrogen) atoms. The third-order valence-electron chi connectivity index (χ3n) is 7.47. The zero-order chi connectivity index (χ0) is 26.2. The number of carbonyl (C=O) groups is 2. The molecule has 0 radical (unpaired) electrons. The second kappa shape index (κ2) is 12.7. The van der Waals surface area contributed by atoms with Crippen molar-refractivity contribution < 1.29 is 14.7 Å². The molecule has 1 aromatic rings. The molecule has 0 spiro atoms. The van der Waals surface area contributed by atoms with E-state index in [1.807, 2.05) is 42.2 Å². The lowest BCUT2D eigenvalue weighted by atomic mass is 9.86. The Morgan fingerprint density at radius 2 is 2.11 bits per heavy atom. The van der Waals surface area contributed by atoms with E-state index in [1.165, 1.54) is 0 Å². The van der Waals surface area contributed by atoms with Crippen LogP contribution in [0.5, 0.6) is 0 Å². The number of fused-ring (bicyclic) bond motifs is 1. The third-order valence-corrected chi connectivity index (χ3v) is 7.47. The lowest BCUT2D eigenvalue weighted by molar-refractivity contribution is -0.136. The van der Waals surface area contributed by atoms with Crippen molar-refractivity contribution in [3.8, 4) is 0 Å². The van der Waals surface area contributed by atoms with E-state index in [9.17, 15) is 14.7 Å². The van der Waals surface area contributed by atoms with Gasteiger partial charge < -0.3 is 25.6 Å². The molecule has 1 fully saturated rings. The lowest BCUT2D eigenvalue weighted by Crippen LogP contribution is -2.38. The molecule has 1 saturated carbocycles. The number of hydrogen-bond acceptors (Lipinski definition) is 5. The molecule has 4 rings (SSSR count). The number of nitrogens with one attached hydrogen (secondary N) is 3. The first kappa shape index (κ1) is 26.7. The molecule has 0 bridgehead atoms. The molecule has 1 aliphatic heterocycles. The molecule has 2 aliphatic carbocycles. The average molecular weight is 506 g/mol. The SMILES string of the molecule is C=Cc1[nH]c(NC2CCC(CNCCN3C(=O)CCC(CC(=O)O)=C4CC=CC=C43)CC2)nc1C=CC. The molecule has 0 atom stereocenters. The predicted molar refractivity (Wildman–Crippen MR) is 148 cm³/mol. The van der Waals surface area contributed by atoms with E-state index < -0.39 is 5.97 Å². The summed E-state index contributed by atoms with van der Waals surface area (Å²) in [6.07, 6.45) is 17.8. The van der Waals surface area contributed by atoms with Gasteiger partial charge in [-0.15, -0.1) is 0 Å². The van der Waals surface area contributed by atoms with E-state index in [0.717, 1.165) is 73.0 Å². The topological polar surface area (TPSA) is 110 Å². The largest absolute Gasteiger partial charge is 0.481 e. The summed E-state index contributed by atoms with van der Waals surface area (Å²) in [5.74, 6) is 0.653. The first-order chi connectivity index (χ1) is 18.0. The van der Waals surface area contributed by atoms with Gasteiger partial charge in [0.2, 0.25) is 11.9 Å². The van der Waals surface area contributed by atoms with Gasteiger partial charge in [-0.1, -0.05) is 30.4 Å². The van der Waals surface area contributed by atoms with Crippen molar-refractivity contribution in [2.24, 2.45) is 5.92 Å². The van der Waals surface area contributed by atoms with E-state index >= 15 is 0 Å². The van der Waals surface area contributed by atoms with Gasteiger partial charge in [-0.25, -0.2) is 4.98 Å². The highest BCUT2D eigenvalue weighted by Crippen LogP contribution is 2.33. The minimum absolute atomic E-state index is 0.00368. The molecule has 198 valence electrons. The molecule has 2 heterocycles. The van der Waals surface area contributed by atoms with Crippen LogP contribution in [-0.4, -0.2) is 57.5 Å². The smallest absolute Gasteiger partial charge is 0.307 e. The van der Waals surface area contributed by atoms with Crippen LogP contribution >= 0.6 is 0 Å². The minimum atomic E-state index is -0.840. The van der Waals surface area contributed by atoms with E-state index in [-0.39, 0.29) is 12.3 Å². The summed E-state index contributed by atoms with van der Waals surface area (Å²) in [6.45, 7) is 8.09. The fourth-order valence-corrected chi connectivity index (χ4v) is 5.54. The molecule has 4 N–H and O–H groups in total. The van der Waals surface area contributed by atoms with Crippen molar-refractivity contribution in [3.05, 3.63) is 59.1 Å². The molecule has 0 aromatic carbocycles. The van der Waals surface area contributed by atoms with Crippen LogP contribution in [0.15, 0.2) is 47.7 Å². The zero-order valence-electron chi connectivity index (χ0n) is 21.8. The number of carbonyl (C=O) groups excluding carboxylic acids is 1. The summed E-state index contributed by atoms with van der Waals surface area (Å²) >= 11 is 0. The van der Waals surface area contributed by atoms with E-state index in [1.54, 1.807) is 6.08 Å². The Kier molecular flexibility index (Phi) is 9.17. The lowest BCUT2D eigenvalue weighted by Gasteiger charge is -2.30. The number of carboxylic acids is 1. The van der Waals surface area contributed by atoms with Crippen LogP contribution in [0.2, 0.25) is 0 Å². The Morgan fingerprint density at radius 1 is 1.30 bits per heavy atom. The third kappa shape index (κ3) is 6.89. The van der Waals surface area contributed by atoms with Gasteiger partial charge >= 0.3 is 5.97 Å². The number of carboxylic acid groups (broad SMARTS) is 1. The second-order valence-electron chi connectivity index (χ2n) is 10.0. The highest BCUT2D eigenvalue weighted by molar-refractivity contribution is 5.82. The first-order valence-corrected chi connectivity index (χ1v) is 13.4. The summed E-state index contributed by atoms with van der Waals surface area (Å²) in [6, 6.07) is 0.407. The van der Waals surface area contributed by atoms with Gasteiger partial charge in [-0.2, -0.15) is 0 Å². The van der Waals surface area contributed by atoms with E-state index in [0.29, 0.717) is 37.8 Å². The molecule has 1 amide bonds. The van der Waals surface area contributed by atoms with Crippen molar-refractivity contribution in [2.45, 2.75) is 64.3 Å². The van der Waals surface area contributed by atoms with E-state index in [2.05, 4.69) is 27.2 Å². The summed E-state index contributed by atoms with van der Waals surface area (Å²) in [5, 5.41) is 16.4.